The molecule has 20 heavy (non-hydrogen) atoms. The normalized spacial score (nSPS) is 36.8. The molecule has 2 aliphatic rings. The zero-order valence-corrected chi connectivity index (χ0v) is 14.2. The molecule has 0 bridgehead atoms. The minimum atomic E-state index is 0.700. The Morgan fingerprint density at radius 1 is 1.15 bits per heavy atom. The third kappa shape index (κ3) is 3.75. The topological polar surface area (TPSA) is 18.5 Å². The van der Waals surface area contributed by atoms with Gasteiger partial charge in [0.25, 0.3) is 0 Å². The molecule has 0 amide bonds. The molecule has 1 aliphatic heterocycles. The van der Waals surface area contributed by atoms with Crippen LogP contribution in [0.15, 0.2) is 0 Å². The van der Waals surface area contributed by atoms with Crippen molar-refractivity contribution < 1.29 is 0 Å². The summed E-state index contributed by atoms with van der Waals surface area (Å²) in [4.78, 5) is 5.22. The van der Waals surface area contributed by atoms with Crippen LogP contribution < -0.4 is 5.32 Å². The van der Waals surface area contributed by atoms with Crippen molar-refractivity contribution in [2.75, 3.05) is 34.2 Å². The van der Waals surface area contributed by atoms with E-state index in [-0.39, 0.29) is 0 Å². The van der Waals surface area contributed by atoms with Gasteiger partial charge in [-0.2, -0.15) is 0 Å². The lowest BCUT2D eigenvalue weighted by Crippen LogP contribution is -2.57. The van der Waals surface area contributed by atoms with E-state index in [1.165, 1.54) is 45.2 Å². The van der Waals surface area contributed by atoms with E-state index in [1.54, 1.807) is 0 Å². The minimum absolute atomic E-state index is 0.700. The van der Waals surface area contributed by atoms with Crippen LogP contribution in [0.3, 0.4) is 0 Å². The van der Waals surface area contributed by atoms with Gasteiger partial charge < -0.3 is 10.2 Å². The Hall–Kier alpha value is -0.120. The number of rotatable bonds is 4. The van der Waals surface area contributed by atoms with Gasteiger partial charge in [0.05, 0.1) is 0 Å². The second-order valence-corrected chi connectivity index (χ2v) is 7.53. The summed E-state index contributed by atoms with van der Waals surface area (Å²) >= 11 is 0. The third-order valence-electron chi connectivity index (χ3n) is 5.80. The van der Waals surface area contributed by atoms with Crippen LogP contribution in [0.4, 0.5) is 0 Å². The molecular weight excluding hydrogens is 246 g/mol. The van der Waals surface area contributed by atoms with Crippen molar-refractivity contribution in [1.82, 2.24) is 15.1 Å². The van der Waals surface area contributed by atoms with Crippen LogP contribution in [0.2, 0.25) is 0 Å². The molecule has 1 heterocycles. The first-order valence-corrected chi connectivity index (χ1v) is 8.60. The smallest absolute Gasteiger partial charge is 0.0252 e. The average Bonchev–Trinajstić information content (AvgIpc) is 2.46. The Morgan fingerprint density at radius 3 is 2.50 bits per heavy atom. The lowest BCUT2D eigenvalue weighted by atomic mass is 9.76. The zero-order chi connectivity index (χ0) is 14.7. The largest absolute Gasteiger partial charge is 0.315 e. The predicted octanol–water partition coefficient (Wildman–Crippen LogP) is 2.43. The molecule has 0 aromatic heterocycles. The summed E-state index contributed by atoms with van der Waals surface area (Å²) in [6, 6.07) is 2.20. The van der Waals surface area contributed by atoms with Gasteiger partial charge in [0.15, 0.2) is 0 Å². The second-order valence-electron chi connectivity index (χ2n) is 7.53. The maximum atomic E-state index is 3.60. The van der Waals surface area contributed by atoms with E-state index in [0.29, 0.717) is 6.04 Å². The Balaban J connectivity index is 2.02. The Kier molecular flexibility index (Phi) is 5.88. The van der Waals surface area contributed by atoms with Gasteiger partial charge >= 0.3 is 0 Å². The SMILES string of the molecule is CNC1CCC(C(C)C)CC1N1CCCC(N(C)C)C1. The molecular formula is C17H35N3. The van der Waals surface area contributed by atoms with E-state index in [4.69, 9.17) is 0 Å². The van der Waals surface area contributed by atoms with Crippen molar-refractivity contribution in [1.29, 1.82) is 0 Å². The first-order chi connectivity index (χ1) is 9.52. The van der Waals surface area contributed by atoms with Crippen molar-refractivity contribution >= 4 is 0 Å². The molecule has 118 valence electrons. The fraction of sp³-hybridized carbons (Fsp3) is 1.00. The fourth-order valence-electron chi connectivity index (χ4n) is 4.23. The van der Waals surface area contributed by atoms with Gasteiger partial charge in [-0.3, -0.25) is 4.90 Å². The van der Waals surface area contributed by atoms with E-state index in [0.717, 1.165) is 23.9 Å². The highest BCUT2D eigenvalue weighted by atomic mass is 15.2. The second kappa shape index (κ2) is 7.24. The summed E-state index contributed by atoms with van der Waals surface area (Å²) in [5.41, 5.74) is 0. The Labute approximate surface area is 126 Å². The first-order valence-electron chi connectivity index (χ1n) is 8.60. The predicted molar refractivity (Wildman–Crippen MR) is 87.1 cm³/mol. The van der Waals surface area contributed by atoms with Crippen LogP contribution >= 0.6 is 0 Å². The van der Waals surface area contributed by atoms with E-state index in [1.807, 2.05) is 0 Å². The standard InChI is InChI=1S/C17H35N3/c1-13(2)14-8-9-16(18-3)17(11-14)20-10-6-7-15(12-20)19(4)5/h13-18H,6-12H2,1-5H3. The molecule has 3 nitrogen and oxygen atoms in total. The Morgan fingerprint density at radius 2 is 1.90 bits per heavy atom. The van der Waals surface area contributed by atoms with E-state index >= 15 is 0 Å². The number of hydrogen-bond donors (Lipinski definition) is 1. The van der Waals surface area contributed by atoms with Crippen LogP contribution in [0, 0.1) is 11.8 Å². The molecule has 0 spiro atoms. The molecule has 2 fully saturated rings. The summed E-state index contributed by atoms with van der Waals surface area (Å²) in [5.74, 6) is 1.76. The number of likely N-dealkylation sites (tertiary alicyclic amines) is 1. The number of nitrogens with zero attached hydrogens (tertiary/aromatic N) is 2. The number of nitrogens with one attached hydrogen (secondary N) is 1. The monoisotopic (exact) mass is 281 g/mol. The van der Waals surface area contributed by atoms with Crippen LogP contribution in [0.1, 0.15) is 46.0 Å². The van der Waals surface area contributed by atoms with E-state index in [2.05, 4.69) is 50.1 Å². The van der Waals surface area contributed by atoms with Crippen LogP contribution in [0.25, 0.3) is 0 Å². The zero-order valence-electron chi connectivity index (χ0n) is 14.2. The summed E-state index contributed by atoms with van der Waals surface area (Å²) in [6.07, 6.45) is 6.89. The van der Waals surface area contributed by atoms with Crippen molar-refractivity contribution in [2.45, 2.75) is 64.1 Å². The first kappa shape index (κ1) is 16.3. The lowest BCUT2D eigenvalue weighted by molar-refractivity contribution is 0.0414. The highest BCUT2D eigenvalue weighted by Gasteiger charge is 2.36. The molecule has 1 saturated heterocycles. The summed E-state index contributed by atoms with van der Waals surface area (Å²) in [5, 5.41) is 3.60. The third-order valence-corrected chi connectivity index (χ3v) is 5.80. The molecule has 1 N–H and O–H groups in total. The van der Waals surface area contributed by atoms with Crippen molar-refractivity contribution in [3.05, 3.63) is 0 Å². The summed E-state index contributed by atoms with van der Waals surface area (Å²) in [6.45, 7) is 7.37. The van der Waals surface area contributed by atoms with Crippen molar-refractivity contribution in [2.24, 2.45) is 11.8 Å². The number of hydrogen-bond acceptors (Lipinski definition) is 3. The highest BCUT2D eigenvalue weighted by molar-refractivity contribution is 4.94. The van der Waals surface area contributed by atoms with Crippen LogP contribution in [-0.2, 0) is 0 Å². The molecule has 0 radical (unpaired) electrons. The number of likely N-dealkylation sites (N-methyl/N-ethyl adjacent to an activating group) is 2. The molecule has 0 aromatic rings. The Bertz CT molecular complexity index is 290. The van der Waals surface area contributed by atoms with Crippen LogP contribution in [-0.4, -0.2) is 62.2 Å². The van der Waals surface area contributed by atoms with Gasteiger partial charge in [-0.1, -0.05) is 13.8 Å². The minimum Gasteiger partial charge on any atom is -0.315 e. The fourth-order valence-corrected chi connectivity index (χ4v) is 4.23. The molecule has 4 atom stereocenters. The quantitative estimate of drug-likeness (QED) is 0.854. The lowest BCUT2D eigenvalue weighted by Gasteiger charge is -2.47. The molecule has 1 aliphatic carbocycles. The molecule has 3 heteroatoms. The average molecular weight is 281 g/mol. The summed E-state index contributed by atoms with van der Waals surface area (Å²) in [7, 11) is 6.63. The highest BCUT2D eigenvalue weighted by Crippen LogP contribution is 2.34. The maximum absolute atomic E-state index is 3.60. The van der Waals surface area contributed by atoms with Crippen molar-refractivity contribution in [3.63, 3.8) is 0 Å². The van der Waals surface area contributed by atoms with Crippen molar-refractivity contribution in [3.8, 4) is 0 Å². The number of piperidine rings is 1. The van der Waals surface area contributed by atoms with Gasteiger partial charge in [-0.25, -0.2) is 0 Å². The van der Waals surface area contributed by atoms with Gasteiger partial charge in [0, 0.05) is 24.7 Å². The van der Waals surface area contributed by atoms with Gasteiger partial charge in [-0.15, -0.1) is 0 Å². The van der Waals surface area contributed by atoms with Gasteiger partial charge in [0.2, 0.25) is 0 Å². The summed E-state index contributed by atoms with van der Waals surface area (Å²) < 4.78 is 0. The van der Waals surface area contributed by atoms with E-state index < -0.39 is 0 Å². The maximum Gasteiger partial charge on any atom is 0.0252 e. The van der Waals surface area contributed by atoms with Crippen LogP contribution in [0.5, 0.6) is 0 Å². The van der Waals surface area contributed by atoms with E-state index in [9.17, 15) is 0 Å². The van der Waals surface area contributed by atoms with Gasteiger partial charge in [-0.05, 0) is 71.6 Å². The molecule has 2 rings (SSSR count). The van der Waals surface area contributed by atoms with Gasteiger partial charge in [0.1, 0.15) is 0 Å². The molecule has 1 saturated carbocycles. The molecule has 0 aromatic carbocycles. The molecule has 4 unspecified atom stereocenters.